The molecule has 2 aliphatic rings. The van der Waals surface area contributed by atoms with Gasteiger partial charge in [-0.05, 0) is 48.4 Å². The van der Waals surface area contributed by atoms with Gasteiger partial charge < -0.3 is 30.6 Å². The molecule has 1 atom stereocenters. The third-order valence-corrected chi connectivity index (χ3v) is 6.88. The Hall–Kier alpha value is -4.11. The molecule has 0 spiro atoms. The fourth-order valence-electron chi connectivity index (χ4n) is 4.97. The highest BCUT2D eigenvalue weighted by atomic mass is 19.1. The molecule has 5 rings (SSSR count). The van der Waals surface area contributed by atoms with Crippen LogP contribution in [-0.4, -0.2) is 48.6 Å². The van der Waals surface area contributed by atoms with Gasteiger partial charge in [-0.1, -0.05) is 25.1 Å². The Morgan fingerprint density at radius 3 is 2.47 bits per heavy atom. The topological polar surface area (TPSA) is 95.0 Å². The molecule has 3 aromatic rings. The summed E-state index contributed by atoms with van der Waals surface area (Å²) in [4.78, 5) is 3.99. The first-order valence-electron chi connectivity index (χ1n) is 12.6. The number of likely N-dealkylation sites (tertiary alicyclic amines) is 1. The zero-order valence-electron chi connectivity index (χ0n) is 21.0. The fraction of sp³-hybridized carbons (Fsp3) is 0.276. The minimum Gasteiger partial charge on any atom is -0.508 e. The van der Waals surface area contributed by atoms with Crippen molar-refractivity contribution in [2.45, 2.75) is 25.5 Å². The van der Waals surface area contributed by atoms with E-state index in [2.05, 4.69) is 11.8 Å². The van der Waals surface area contributed by atoms with E-state index in [4.69, 9.17) is 20.6 Å². The van der Waals surface area contributed by atoms with Gasteiger partial charge in [-0.25, -0.2) is 8.78 Å². The summed E-state index contributed by atoms with van der Waals surface area (Å²) in [5.74, 6) is -1.32. The van der Waals surface area contributed by atoms with Crippen LogP contribution in [0.15, 0.2) is 60.8 Å². The van der Waals surface area contributed by atoms with Crippen molar-refractivity contribution < 1.29 is 23.4 Å². The number of hydrogen-bond acceptors (Lipinski definition) is 7. The number of phenolic OH excluding ortho intramolecular Hbond substituents is 1. The molecule has 0 aromatic heterocycles. The number of nitrogens with one attached hydrogen (secondary N) is 1. The number of allylic oxidation sites excluding steroid dienone is 1. The number of benzene rings is 3. The zero-order chi connectivity index (χ0) is 26.8. The van der Waals surface area contributed by atoms with Crippen LogP contribution in [0.2, 0.25) is 0 Å². The quantitative estimate of drug-likeness (QED) is 0.346. The maximum absolute atomic E-state index is 15.3. The molecule has 2 aliphatic heterocycles. The number of hydrogen-bond donors (Lipinski definition) is 3. The van der Waals surface area contributed by atoms with Gasteiger partial charge in [-0.15, -0.1) is 0 Å². The molecule has 0 bridgehead atoms. The largest absolute Gasteiger partial charge is 0.508 e. The van der Waals surface area contributed by atoms with Crippen LogP contribution in [-0.2, 0) is 0 Å². The minimum absolute atomic E-state index is 0.113. The van der Waals surface area contributed by atoms with Gasteiger partial charge in [0.2, 0.25) is 0 Å². The molecular weight excluding hydrogens is 490 g/mol. The van der Waals surface area contributed by atoms with Crippen LogP contribution in [0.25, 0.3) is 5.57 Å². The number of phenols is 1. The lowest BCUT2D eigenvalue weighted by Crippen LogP contribution is -2.53. The molecule has 2 heterocycles. The zero-order valence-corrected chi connectivity index (χ0v) is 21.0. The van der Waals surface area contributed by atoms with E-state index >= 15 is 8.78 Å². The summed E-state index contributed by atoms with van der Waals surface area (Å²) < 4.78 is 42.4. The molecule has 3 aromatic carbocycles. The molecule has 198 valence electrons. The van der Waals surface area contributed by atoms with E-state index in [-0.39, 0.29) is 24.2 Å². The van der Waals surface area contributed by atoms with Crippen molar-refractivity contribution in [1.82, 2.24) is 4.90 Å². The predicted molar refractivity (Wildman–Crippen MR) is 143 cm³/mol. The molecule has 9 heteroatoms. The summed E-state index contributed by atoms with van der Waals surface area (Å²) in [6.45, 7) is 4.49. The number of aromatic hydroxyl groups is 1. The van der Waals surface area contributed by atoms with Crippen LogP contribution >= 0.6 is 0 Å². The number of anilines is 2. The number of nitrogens with zero attached hydrogens (tertiary/aromatic N) is 2. The van der Waals surface area contributed by atoms with E-state index in [1.165, 1.54) is 18.3 Å². The van der Waals surface area contributed by atoms with Crippen molar-refractivity contribution >= 4 is 23.2 Å². The molecule has 7 nitrogen and oxygen atoms in total. The van der Waals surface area contributed by atoms with Crippen LogP contribution in [0.5, 0.6) is 17.2 Å². The van der Waals surface area contributed by atoms with Crippen molar-refractivity contribution in [2.75, 3.05) is 31.1 Å². The second kappa shape index (κ2) is 10.7. The van der Waals surface area contributed by atoms with Crippen LogP contribution in [0.4, 0.5) is 20.2 Å². The van der Waals surface area contributed by atoms with E-state index < -0.39 is 17.7 Å². The molecule has 0 saturated carbocycles. The molecule has 0 amide bonds. The van der Waals surface area contributed by atoms with Gasteiger partial charge in [-0.2, -0.15) is 0 Å². The van der Waals surface area contributed by atoms with Crippen LogP contribution in [0.1, 0.15) is 30.5 Å². The summed E-state index contributed by atoms with van der Waals surface area (Å²) in [5, 5.41) is 17.4. The Bertz CT molecular complexity index is 1330. The van der Waals surface area contributed by atoms with Gasteiger partial charge in [0.15, 0.2) is 17.4 Å². The maximum atomic E-state index is 15.3. The van der Waals surface area contributed by atoms with Crippen molar-refractivity contribution in [3.8, 4) is 17.2 Å². The lowest BCUT2D eigenvalue weighted by Gasteiger charge is -2.40. The van der Waals surface area contributed by atoms with E-state index in [0.29, 0.717) is 41.4 Å². The first-order chi connectivity index (χ1) is 18.4. The van der Waals surface area contributed by atoms with E-state index in [1.807, 2.05) is 4.90 Å². The highest BCUT2D eigenvalue weighted by Crippen LogP contribution is 2.46. The number of fused-ring (bicyclic) bond motifs is 1. The van der Waals surface area contributed by atoms with E-state index in [0.717, 1.165) is 24.7 Å². The van der Waals surface area contributed by atoms with Crippen LogP contribution in [0.3, 0.4) is 0 Å². The van der Waals surface area contributed by atoms with Gasteiger partial charge in [0.25, 0.3) is 0 Å². The number of halogens is 2. The molecule has 0 unspecified atom stereocenters. The van der Waals surface area contributed by atoms with Gasteiger partial charge in [-0.3, -0.25) is 4.90 Å². The highest BCUT2D eigenvalue weighted by Gasteiger charge is 2.33. The van der Waals surface area contributed by atoms with Crippen LogP contribution < -0.4 is 20.1 Å². The molecule has 0 radical (unpaired) electrons. The second-order valence-electron chi connectivity index (χ2n) is 9.48. The number of rotatable bonds is 8. The second-order valence-corrected chi connectivity index (χ2v) is 9.48. The highest BCUT2D eigenvalue weighted by molar-refractivity contribution is 6.08. The number of nitrogens with two attached hydrogens (primary N) is 1. The van der Waals surface area contributed by atoms with Gasteiger partial charge in [0.05, 0.1) is 11.7 Å². The summed E-state index contributed by atoms with van der Waals surface area (Å²) in [6, 6.07) is 14.1. The third-order valence-electron chi connectivity index (χ3n) is 6.88. The Morgan fingerprint density at radius 1 is 1.13 bits per heavy atom. The fourth-order valence-corrected chi connectivity index (χ4v) is 4.97. The minimum atomic E-state index is -0.778. The van der Waals surface area contributed by atoms with Crippen molar-refractivity contribution in [2.24, 2.45) is 5.73 Å². The average molecular weight is 521 g/mol. The lowest BCUT2D eigenvalue weighted by atomic mass is 9.99. The van der Waals surface area contributed by atoms with Crippen molar-refractivity contribution in [3.63, 3.8) is 0 Å². The third kappa shape index (κ3) is 4.89. The predicted octanol–water partition coefficient (Wildman–Crippen LogP) is 5.36. The number of ether oxygens (including phenoxy) is 2. The molecule has 1 saturated heterocycles. The smallest absolute Gasteiger partial charge is 0.191 e. The van der Waals surface area contributed by atoms with Crippen molar-refractivity contribution in [1.29, 1.82) is 5.41 Å². The average Bonchev–Trinajstić information content (AvgIpc) is 2.89. The Kier molecular flexibility index (Phi) is 7.20. The Morgan fingerprint density at radius 2 is 1.84 bits per heavy atom. The maximum Gasteiger partial charge on any atom is 0.191 e. The van der Waals surface area contributed by atoms with E-state index in [9.17, 15) is 5.11 Å². The first kappa shape index (κ1) is 25.5. The normalized spacial score (nSPS) is 17.9. The van der Waals surface area contributed by atoms with Gasteiger partial charge >= 0.3 is 0 Å². The first-order valence-corrected chi connectivity index (χ1v) is 12.6. The Labute approximate surface area is 220 Å². The monoisotopic (exact) mass is 520 g/mol. The van der Waals surface area contributed by atoms with Crippen molar-refractivity contribution in [3.05, 3.63) is 83.6 Å². The molecule has 1 fully saturated rings. The summed E-state index contributed by atoms with van der Waals surface area (Å²) in [6.07, 6.45) is 3.25. The summed E-state index contributed by atoms with van der Waals surface area (Å²) in [5.41, 5.74) is 8.54. The Balaban J connectivity index is 1.52. The van der Waals surface area contributed by atoms with Crippen LogP contribution in [0, 0.1) is 17.0 Å². The lowest BCUT2D eigenvalue weighted by molar-refractivity contribution is 0.0154. The molecular formula is C29H30F2N4O3. The summed E-state index contributed by atoms with van der Waals surface area (Å²) >= 11 is 0. The summed E-state index contributed by atoms with van der Waals surface area (Å²) in [7, 11) is 0. The van der Waals surface area contributed by atoms with Gasteiger partial charge in [0, 0.05) is 48.9 Å². The SMILES string of the molecule is CCCN1CC(Oc2c(F)cc(N3c4ccc(/C(C=N)=C/N)cc4OC[C@H]3c3ccc(O)cc3)cc2F)C1. The molecule has 4 N–H and O–H groups in total. The molecule has 38 heavy (non-hydrogen) atoms. The van der Waals surface area contributed by atoms with Gasteiger partial charge in [0.1, 0.15) is 24.2 Å². The standard InChI is InChI=1S/C29H30F2N4O3/c1-2-9-34-15-23(16-34)38-29-24(30)11-21(12-25(29)31)35-26-8-5-19(20(13-32)14-33)10-28(26)37-17-27(35)18-3-6-22(36)7-4-18/h3-8,10-14,23,27,32,36H,2,9,15-17,33H2,1H3/b20-14+,32-13?/t27-/m0/s1. The van der Waals surface area contributed by atoms with E-state index in [1.54, 1.807) is 42.5 Å². The molecule has 0 aliphatic carbocycles.